The first-order valence-electron chi connectivity index (χ1n) is 6.82. The lowest BCUT2D eigenvalue weighted by Gasteiger charge is -2.14. The summed E-state index contributed by atoms with van der Waals surface area (Å²) >= 11 is 1.76. The lowest BCUT2D eigenvalue weighted by Crippen LogP contribution is -2.25. The number of rotatable bonds is 7. The van der Waals surface area contributed by atoms with Crippen LogP contribution in [0.3, 0.4) is 0 Å². The van der Waals surface area contributed by atoms with E-state index in [1.807, 2.05) is 24.1 Å². The molecule has 1 atom stereocenters. The zero-order valence-electron chi connectivity index (χ0n) is 12.5. The topological polar surface area (TPSA) is 52.0 Å². The lowest BCUT2D eigenvalue weighted by atomic mass is 10.1. The summed E-state index contributed by atoms with van der Waals surface area (Å²) in [4.78, 5) is 6.07. The highest BCUT2D eigenvalue weighted by Crippen LogP contribution is 2.28. The van der Waals surface area contributed by atoms with E-state index in [9.17, 15) is 0 Å². The lowest BCUT2D eigenvalue weighted by molar-refractivity contribution is 0.197. The van der Waals surface area contributed by atoms with Crippen LogP contribution >= 0.6 is 11.3 Å². The second kappa shape index (κ2) is 6.97. The van der Waals surface area contributed by atoms with Crippen LogP contribution in [-0.4, -0.2) is 35.0 Å². The summed E-state index contributed by atoms with van der Waals surface area (Å²) in [5, 5.41) is 8.86. The predicted octanol–water partition coefficient (Wildman–Crippen LogP) is 2.07. The molecular weight excluding hydrogens is 272 g/mol. The molecule has 0 spiro atoms. The molecule has 0 saturated heterocycles. The zero-order chi connectivity index (χ0) is 14.5. The van der Waals surface area contributed by atoms with Crippen molar-refractivity contribution in [2.75, 3.05) is 20.3 Å². The van der Waals surface area contributed by atoms with Crippen molar-refractivity contribution in [3.63, 3.8) is 0 Å². The van der Waals surface area contributed by atoms with Crippen molar-refractivity contribution in [3.8, 4) is 0 Å². The second-order valence-electron chi connectivity index (χ2n) is 4.74. The average molecular weight is 294 g/mol. The smallest absolute Gasteiger partial charge is 0.115 e. The summed E-state index contributed by atoms with van der Waals surface area (Å²) < 4.78 is 6.94. The summed E-state index contributed by atoms with van der Waals surface area (Å²) in [5.41, 5.74) is 2.33. The Morgan fingerprint density at radius 1 is 1.50 bits per heavy atom. The normalized spacial score (nSPS) is 12.8. The van der Waals surface area contributed by atoms with Gasteiger partial charge in [-0.05, 0) is 13.3 Å². The number of nitrogens with one attached hydrogen (secondary N) is 1. The van der Waals surface area contributed by atoms with Crippen molar-refractivity contribution in [1.82, 2.24) is 20.1 Å². The Labute approximate surface area is 124 Å². The molecule has 5 nitrogen and oxygen atoms in total. The van der Waals surface area contributed by atoms with Crippen LogP contribution in [-0.2, 0) is 18.2 Å². The van der Waals surface area contributed by atoms with Gasteiger partial charge in [-0.15, -0.1) is 11.3 Å². The fourth-order valence-electron chi connectivity index (χ4n) is 2.14. The van der Waals surface area contributed by atoms with Crippen LogP contribution in [0.1, 0.15) is 34.1 Å². The molecule has 0 aliphatic rings. The number of hydrogen-bond acceptors (Lipinski definition) is 5. The third-order valence-corrected chi connectivity index (χ3v) is 4.28. The summed E-state index contributed by atoms with van der Waals surface area (Å²) in [6, 6.07) is 0.0860. The number of methoxy groups -OCH3 is 1. The number of ether oxygens (including phenoxy) is 1. The van der Waals surface area contributed by atoms with Crippen LogP contribution in [0.25, 0.3) is 0 Å². The van der Waals surface area contributed by atoms with Crippen LogP contribution in [0.4, 0.5) is 0 Å². The second-order valence-corrected chi connectivity index (χ2v) is 5.97. The first kappa shape index (κ1) is 15.2. The van der Waals surface area contributed by atoms with Crippen LogP contribution in [0, 0.1) is 6.92 Å². The highest BCUT2D eigenvalue weighted by Gasteiger charge is 2.20. The molecule has 2 heterocycles. The molecule has 6 heteroatoms. The fourth-order valence-corrected chi connectivity index (χ4v) is 3.26. The Kier molecular flexibility index (Phi) is 5.28. The minimum absolute atomic E-state index is 0.0860. The van der Waals surface area contributed by atoms with Gasteiger partial charge < -0.3 is 10.1 Å². The molecule has 0 amide bonds. The Bertz CT molecular complexity index is 549. The number of aryl methyl sites for hydroxylation is 3. The monoisotopic (exact) mass is 294 g/mol. The molecule has 2 aromatic heterocycles. The van der Waals surface area contributed by atoms with Gasteiger partial charge in [-0.25, -0.2) is 4.98 Å². The highest BCUT2D eigenvalue weighted by atomic mass is 32.1. The summed E-state index contributed by atoms with van der Waals surface area (Å²) in [5.74, 6) is 0. The van der Waals surface area contributed by atoms with Gasteiger partial charge in [-0.2, -0.15) is 5.10 Å². The minimum Gasteiger partial charge on any atom is -0.383 e. The van der Waals surface area contributed by atoms with Crippen molar-refractivity contribution < 1.29 is 4.74 Å². The SMILES string of the molecule is CCc1nc(C(NCCOC)c2cnn(C)c2)sc1C. The van der Waals surface area contributed by atoms with Gasteiger partial charge >= 0.3 is 0 Å². The van der Waals surface area contributed by atoms with Gasteiger partial charge in [0.25, 0.3) is 0 Å². The van der Waals surface area contributed by atoms with E-state index >= 15 is 0 Å². The molecule has 0 radical (unpaired) electrons. The maximum absolute atomic E-state index is 5.12. The molecule has 1 unspecified atom stereocenters. The third-order valence-electron chi connectivity index (χ3n) is 3.20. The molecule has 110 valence electrons. The van der Waals surface area contributed by atoms with Gasteiger partial charge in [0, 0.05) is 37.3 Å². The van der Waals surface area contributed by atoms with Crippen LogP contribution in [0.5, 0.6) is 0 Å². The third kappa shape index (κ3) is 3.45. The Hall–Kier alpha value is -1.24. The van der Waals surface area contributed by atoms with Gasteiger partial charge in [-0.3, -0.25) is 4.68 Å². The van der Waals surface area contributed by atoms with E-state index in [2.05, 4.69) is 24.3 Å². The van der Waals surface area contributed by atoms with Crippen LogP contribution < -0.4 is 5.32 Å². The number of thiazole rings is 1. The van der Waals surface area contributed by atoms with E-state index in [0.29, 0.717) is 6.61 Å². The first-order chi connectivity index (χ1) is 9.65. The summed E-state index contributed by atoms with van der Waals surface area (Å²) in [6.45, 7) is 5.75. The standard InChI is InChI=1S/C14H22N4OS/c1-5-12-10(2)20-14(17-12)13(15-6-7-19-4)11-8-16-18(3)9-11/h8-9,13,15H,5-7H2,1-4H3. The Morgan fingerprint density at radius 3 is 2.85 bits per heavy atom. The maximum Gasteiger partial charge on any atom is 0.115 e. The predicted molar refractivity (Wildman–Crippen MR) is 81.2 cm³/mol. The summed E-state index contributed by atoms with van der Waals surface area (Å²) in [6.07, 6.45) is 4.90. The van der Waals surface area contributed by atoms with Gasteiger partial charge in [0.15, 0.2) is 0 Å². The fraction of sp³-hybridized carbons (Fsp3) is 0.571. The van der Waals surface area contributed by atoms with E-state index in [1.54, 1.807) is 18.4 Å². The van der Waals surface area contributed by atoms with E-state index in [0.717, 1.165) is 23.5 Å². The van der Waals surface area contributed by atoms with E-state index in [4.69, 9.17) is 9.72 Å². The van der Waals surface area contributed by atoms with Crippen molar-refractivity contribution >= 4 is 11.3 Å². The van der Waals surface area contributed by atoms with Crippen molar-refractivity contribution in [2.45, 2.75) is 26.3 Å². The molecule has 1 N–H and O–H groups in total. The van der Waals surface area contributed by atoms with E-state index in [1.165, 1.54) is 10.6 Å². The van der Waals surface area contributed by atoms with Crippen molar-refractivity contribution in [3.05, 3.63) is 33.5 Å². The molecule has 20 heavy (non-hydrogen) atoms. The first-order valence-corrected chi connectivity index (χ1v) is 7.64. The number of hydrogen-bond donors (Lipinski definition) is 1. The van der Waals surface area contributed by atoms with Gasteiger partial charge in [0.2, 0.25) is 0 Å². The highest BCUT2D eigenvalue weighted by molar-refractivity contribution is 7.11. The van der Waals surface area contributed by atoms with Gasteiger partial charge in [0.1, 0.15) is 5.01 Å². The molecular formula is C14H22N4OS. The van der Waals surface area contributed by atoms with Gasteiger partial charge in [-0.1, -0.05) is 6.92 Å². The van der Waals surface area contributed by atoms with Crippen LogP contribution in [0.2, 0.25) is 0 Å². The number of nitrogens with zero attached hydrogens (tertiary/aromatic N) is 3. The molecule has 2 rings (SSSR count). The van der Waals surface area contributed by atoms with Gasteiger partial charge in [0.05, 0.1) is 24.5 Å². The molecule has 0 aliphatic heterocycles. The molecule has 0 fully saturated rings. The average Bonchev–Trinajstić information content (AvgIpc) is 3.01. The molecule has 0 aromatic carbocycles. The number of aromatic nitrogens is 3. The van der Waals surface area contributed by atoms with E-state index < -0.39 is 0 Å². The largest absolute Gasteiger partial charge is 0.383 e. The van der Waals surface area contributed by atoms with Crippen molar-refractivity contribution in [2.24, 2.45) is 7.05 Å². The van der Waals surface area contributed by atoms with Crippen LogP contribution in [0.15, 0.2) is 12.4 Å². The Balaban J connectivity index is 2.24. The molecule has 0 bridgehead atoms. The Morgan fingerprint density at radius 2 is 2.30 bits per heavy atom. The molecule has 0 saturated carbocycles. The zero-order valence-corrected chi connectivity index (χ0v) is 13.3. The molecule has 0 aliphatic carbocycles. The van der Waals surface area contributed by atoms with E-state index in [-0.39, 0.29) is 6.04 Å². The maximum atomic E-state index is 5.12. The molecule has 2 aromatic rings. The van der Waals surface area contributed by atoms with Crippen molar-refractivity contribution in [1.29, 1.82) is 0 Å². The quantitative estimate of drug-likeness (QED) is 0.794. The summed E-state index contributed by atoms with van der Waals surface area (Å²) in [7, 11) is 3.64. The minimum atomic E-state index is 0.0860.